The Morgan fingerprint density at radius 1 is 1.29 bits per heavy atom. The minimum absolute atomic E-state index is 0. The van der Waals surface area contributed by atoms with Gasteiger partial charge in [0.25, 0.3) is 0 Å². The van der Waals surface area contributed by atoms with Gasteiger partial charge in [0.1, 0.15) is 0 Å². The second kappa shape index (κ2) is 7.18. The fourth-order valence-electron chi connectivity index (χ4n) is 1.19. The van der Waals surface area contributed by atoms with E-state index < -0.39 is 0 Å². The first kappa shape index (κ1) is 13.8. The standard InChI is InChI=1S/C8H11.C5H5.Zr.2H/c1-6-4-5-7(2)8(6)3;1-2-4-5-3-1;;;/h4H2,1-3H3;1-3H,4H2;;;/q2*-1;+4;2*-1. The zero-order valence-electron chi connectivity index (χ0n) is 11.1. The molecule has 0 atom stereocenters. The smallest absolute Gasteiger partial charge is 1.00 e. The Bertz CT molecular complexity index is 284. The summed E-state index contributed by atoms with van der Waals surface area (Å²) in [5.41, 5.74) is 4.25. The van der Waals surface area contributed by atoms with Crippen molar-refractivity contribution >= 4 is 0 Å². The van der Waals surface area contributed by atoms with Crippen LogP contribution in [0.5, 0.6) is 0 Å². The zero-order chi connectivity index (χ0) is 9.68. The van der Waals surface area contributed by atoms with E-state index in [2.05, 4.69) is 39.0 Å². The maximum Gasteiger partial charge on any atom is 4.00 e. The first-order valence-electron chi connectivity index (χ1n) is 4.67. The molecule has 0 saturated carbocycles. The first-order valence-corrected chi connectivity index (χ1v) is 4.67. The normalized spacial score (nSPS) is 17.5. The third-order valence-electron chi connectivity index (χ3n) is 2.41. The second-order valence-electron chi connectivity index (χ2n) is 3.39. The second-order valence-corrected chi connectivity index (χ2v) is 3.39. The summed E-state index contributed by atoms with van der Waals surface area (Å²) in [5.74, 6) is 0. The predicted molar refractivity (Wildman–Crippen MR) is 59.2 cm³/mol. The number of rotatable bonds is 0. The molecule has 1 heteroatoms. The van der Waals surface area contributed by atoms with E-state index in [0.29, 0.717) is 0 Å². The Balaban J connectivity index is -0.000000189. The van der Waals surface area contributed by atoms with Gasteiger partial charge in [-0.2, -0.15) is 17.2 Å². The van der Waals surface area contributed by atoms with Crippen LogP contribution in [0, 0.1) is 12.2 Å². The van der Waals surface area contributed by atoms with Crippen molar-refractivity contribution in [1.82, 2.24) is 0 Å². The van der Waals surface area contributed by atoms with Gasteiger partial charge in [0, 0.05) is 0 Å². The van der Waals surface area contributed by atoms with Gasteiger partial charge in [-0.15, -0.1) is 19.8 Å². The number of hydrogen-bond acceptors (Lipinski definition) is 0. The molecule has 0 bridgehead atoms. The van der Waals surface area contributed by atoms with Gasteiger partial charge in [0.15, 0.2) is 0 Å². The van der Waals surface area contributed by atoms with Crippen molar-refractivity contribution in [3.63, 3.8) is 0 Å². The van der Waals surface area contributed by atoms with Crippen molar-refractivity contribution in [1.29, 1.82) is 0 Å². The molecule has 0 aliphatic heterocycles. The predicted octanol–water partition coefficient (Wildman–Crippen LogP) is 4.00. The average molecular weight is 266 g/mol. The summed E-state index contributed by atoms with van der Waals surface area (Å²) >= 11 is 0. The molecule has 0 radical (unpaired) electrons. The minimum Gasteiger partial charge on any atom is -1.00 e. The molecule has 0 N–H and O–H groups in total. The maximum absolute atomic E-state index is 3.26. The molecule has 0 nitrogen and oxygen atoms in total. The van der Waals surface area contributed by atoms with E-state index >= 15 is 0 Å². The fourth-order valence-corrected chi connectivity index (χ4v) is 1.19. The monoisotopic (exact) mass is 264 g/mol. The molecule has 74 valence electrons. The van der Waals surface area contributed by atoms with Crippen LogP contribution in [-0.4, -0.2) is 0 Å². The summed E-state index contributed by atoms with van der Waals surface area (Å²) in [4.78, 5) is 0. The quantitative estimate of drug-likeness (QED) is 0.581. The van der Waals surface area contributed by atoms with Crippen LogP contribution in [0.3, 0.4) is 0 Å². The molecule has 0 fully saturated rings. The summed E-state index contributed by atoms with van der Waals surface area (Å²) in [5, 5.41) is 0. The molecule has 0 aromatic carbocycles. The summed E-state index contributed by atoms with van der Waals surface area (Å²) in [6.45, 7) is 6.44. The first-order chi connectivity index (χ1) is 6.22. The Morgan fingerprint density at radius 2 is 2.00 bits per heavy atom. The van der Waals surface area contributed by atoms with Crippen LogP contribution in [0.2, 0.25) is 0 Å². The van der Waals surface area contributed by atoms with Crippen LogP contribution in [0.4, 0.5) is 0 Å². The van der Waals surface area contributed by atoms with E-state index in [-0.39, 0.29) is 29.1 Å². The van der Waals surface area contributed by atoms with Gasteiger partial charge in [-0.1, -0.05) is 13.8 Å². The fraction of sp³-hybridized carbons (Fsp3) is 0.385. The van der Waals surface area contributed by atoms with Gasteiger partial charge in [0.2, 0.25) is 0 Å². The third kappa shape index (κ3) is 4.37. The molecule has 0 heterocycles. The number of hydrogen-bond donors (Lipinski definition) is 0. The van der Waals surface area contributed by atoms with Gasteiger partial charge in [-0.25, -0.2) is 17.7 Å². The van der Waals surface area contributed by atoms with Crippen molar-refractivity contribution < 1.29 is 29.1 Å². The van der Waals surface area contributed by atoms with Crippen LogP contribution in [-0.2, 0) is 26.2 Å². The maximum atomic E-state index is 3.26. The minimum atomic E-state index is 0. The Labute approximate surface area is 110 Å². The number of allylic oxidation sites excluding steroid dienone is 8. The van der Waals surface area contributed by atoms with Crippen LogP contribution in [0.1, 0.15) is 36.5 Å². The topological polar surface area (TPSA) is 0 Å². The van der Waals surface area contributed by atoms with Crippen molar-refractivity contribution in [2.75, 3.05) is 0 Å². The van der Waals surface area contributed by atoms with Crippen molar-refractivity contribution in [2.45, 2.75) is 33.6 Å². The molecule has 0 aromatic rings. The molecule has 0 spiro atoms. The van der Waals surface area contributed by atoms with Crippen molar-refractivity contribution in [3.8, 4) is 0 Å². The van der Waals surface area contributed by atoms with E-state index in [1.165, 1.54) is 16.7 Å². The Hall–Kier alpha value is -0.157. The summed E-state index contributed by atoms with van der Waals surface area (Å²) in [6.07, 6.45) is 14.3. The SMILES string of the molecule is CC1=[C-]CC(C)=C1C.[C-]1=CC=CC1.[H-].[H-].[Zr+4]. The van der Waals surface area contributed by atoms with Crippen LogP contribution < -0.4 is 0 Å². The van der Waals surface area contributed by atoms with Crippen molar-refractivity contribution in [2.24, 2.45) is 0 Å². The van der Waals surface area contributed by atoms with Gasteiger partial charge in [-0.05, 0) is 0 Å². The molecule has 0 unspecified atom stereocenters. The summed E-state index contributed by atoms with van der Waals surface area (Å²) in [6, 6.07) is 0. The van der Waals surface area contributed by atoms with E-state index in [1.54, 1.807) is 0 Å². The summed E-state index contributed by atoms with van der Waals surface area (Å²) < 4.78 is 0. The molecular weight excluding hydrogens is 247 g/mol. The zero-order valence-corrected chi connectivity index (χ0v) is 11.6. The largest absolute Gasteiger partial charge is 4.00 e. The van der Waals surface area contributed by atoms with Gasteiger partial charge in [-0.3, -0.25) is 12.2 Å². The van der Waals surface area contributed by atoms with E-state index in [9.17, 15) is 0 Å². The molecule has 0 amide bonds. The van der Waals surface area contributed by atoms with E-state index in [1.807, 2.05) is 12.2 Å². The van der Waals surface area contributed by atoms with Crippen LogP contribution >= 0.6 is 0 Å². The molecule has 14 heavy (non-hydrogen) atoms. The van der Waals surface area contributed by atoms with Gasteiger partial charge < -0.3 is 2.85 Å². The van der Waals surface area contributed by atoms with Gasteiger partial charge in [0.05, 0.1) is 0 Å². The Morgan fingerprint density at radius 3 is 2.14 bits per heavy atom. The Kier molecular flexibility index (Phi) is 7.10. The molecule has 2 aliphatic carbocycles. The summed E-state index contributed by atoms with van der Waals surface area (Å²) in [7, 11) is 0. The molecular formula is C13H18Zr. The molecule has 2 rings (SSSR count). The van der Waals surface area contributed by atoms with E-state index in [0.717, 1.165) is 12.8 Å². The van der Waals surface area contributed by atoms with Gasteiger partial charge >= 0.3 is 26.2 Å². The van der Waals surface area contributed by atoms with Crippen LogP contribution in [0.15, 0.2) is 34.9 Å². The molecule has 0 aromatic heterocycles. The van der Waals surface area contributed by atoms with E-state index in [4.69, 9.17) is 0 Å². The average Bonchev–Trinajstić information content (AvgIpc) is 2.75. The van der Waals surface area contributed by atoms with Crippen molar-refractivity contribution in [3.05, 3.63) is 47.1 Å². The molecule has 2 aliphatic rings. The van der Waals surface area contributed by atoms with Crippen LogP contribution in [0.25, 0.3) is 0 Å². The third-order valence-corrected chi connectivity index (χ3v) is 2.41. The molecule has 0 saturated heterocycles.